The van der Waals surface area contributed by atoms with E-state index < -0.39 is 0 Å². The Morgan fingerprint density at radius 2 is 1.89 bits per heavy atom. The van der Waals surface area contributed by atoms with E-state index in [-0.39, 0.29) is 5.41 Å². The van der Waals surface area contributed by atoms with E-state index in [2.05, 4.69) is 36.8 Å². The summed E-state index contributed by atoms with van der Waals surface area (Å²) in [5, 5.41) is 0. The van der Waals surface area contributed by atoms with E-state index in [1.54, 1.807) is 12.4 Å². The molecular formula is C15H19N3O. The number of benzene rings is 1. The first kappa shape index (κ1) is 13.5. The molecule has 2 rings (SSSR count). The minimum absolute atomic E-state index is 0.00942. The molecule has 0 aliphatic heterocycles. The van der Waals surface area contributed by atoms with Crippen LogP contribution >= 0.6 is 0 Å². The van der Waals surface area contributed by atoms with E-state index in [0.29, 0.717) is 18.1 Å². The maximum atomic E-state index is 5.85. The summed E-state index contributed by atoms with van der Waals surface area (Å²) in [5.74, 6) is 1.28. The summed E-state index contributed by atoms with van der Waals surface area (Å²) >= 11 is 0. The van der Waals surface area contributed by atoms with Crippen LogP contribution in [0.25, 0.3) is 0 Å². The van der Waals surface area contributed by atoms with Crippen molar-refractivity contribution in [2.45, 2.75) is 32.7 Å². The van der Waals surface area contributed by atoms with Gasteiger partial charge in [0.1, 0.15) is 5.75 Å². The third kappa shape index (κ3) is 3.29. The second-order valence-corrected chi connectivity index (χ2v) is 5.40. The van der Waals surface area contributed by atoms with E-state index in [1.165, 1.54) is 0 Å². The Morgan fingerprint density at radius 1 is 1.16 bits per heavy atom. The molecule has 0 aliphatic carbocycles. The average Bonchev–Trinajstić information content (AvgIpc) is 2.38. The van der Waals surface area contributed by atoms with Crippen LogP contribution in [0.1, 0.15) is 32.0 Å². The second kappa shape index (κ2) is 5.36. The molecular weight excluding hydrogens is 238 g/mol. The van der Waals surface area contributed by atoms with Gasteiger partial charge >= 0.3 is 0 Å². The SMILES string of the molecule is CC(C)(C)c1ccccc1Oc1cncc(CN)n1. The van der Waals surface area contributed by atoms with Crippen molar-refractivity contribution in [3.05, 3.63) is 47.9 Å². The van der Waals surface area contributed by atoms with Crippen molar-refractivity contribution in [3.8, 4) is 11.6 Å². The topological polar surface area (TPSA) is 61.0 Å². The van der Waals surface area contributed by atoms with Crippen LogP contribution in [-0.4, -0.2) is 9.97 Å². The van der Waals surface area contributed by atoms with Gasteiger partial charge in [-0.25, -0.2) is 4.98 Å². The second-order valence-electron chi connectivity index (χ2n) is 5.40. The molecule has 0 unspecified atom stereocenters. The molecule has 1 heterocycles. The fourth-order valence-electron chi connectivity index (χ4n) is 1.82. The predicted octanol–water partition coefficient (Wildman–Crippen LogP) is 3.03. The summed E-state index contributed by atoms with van der Waals surface area (Å²) in [5.41, 5.74) is 7.41. The highest BCUT2D eigenvalue weighted by molar-refractivity contribution is 5.40. The number of aromatic nitrogens is 2. The smallest absolute Gasteiger partial charge is 0.238 e. The number of hydrogen-bond donors (Lipinski definition) is 1. The van der Waals surface area contributed by atoms with E-state index in [9.17, 15) is 0 Å². The van der Waals surface area contributed by atoms with Gasteiger partial charge in [-0.1, -0.05) is 39.0 Å². The lowest BCUT2D eigenvalue weighted by Crippen LogP contribution is -2.12. The van der Waals surface area contributed by atoms with Gasteiger partial charge in [0.15, 0.2) is 0 Å². The number of hydrogen-bond acceptors (Lipinski definition) is 4. The molecule has 1 aromatic carbocycles. The number of nitrogens with two attached hydrogens (primary N) is 1. The Bertz CT molecular complexity index is 561. The maximum absolute atomic E-state index is 5.85. The quantitative estimate of drug-likeness (QED) is 0.918. The maximum Gasteiger partial charge on any atom is 0.238 e. The molecule has 2 aromatic rings. The fourth-order valence-corrected chi connectivity index (χ4v) is 1.82. The van der Waals surface area contributed by atoms with Crippen molar-refractivity contribution in [1.29, 1.82) is 0 Å². The molecule has 0 bridgehead atoms. The van der Waals surface area contributed by atoms with Gasteiger partial charge in [-0.05, 0) is 11.5 Å². The summed E-state index contributed by atoms with van der Waals surface area (Å²) in [4.78, 5) is 8.38. The van der Waals surface area contributed by atoms with Crippen molar-refractivity contribution in [2.24, 2.45) is 5.73 Å². The lowest BCUT2D eigenvalue weighted by atomic mass is 9.86. The Balaban J connectivity index is 2.33. The molecule has 0 spiro atoms. The first-order chi connectivity index (χ1) is 9.00. The van der Waals surface area contributed by atoms with Gasteiger partial charge < -0.3 is 10.5 Å². The number of rotatable bonds is 3. The zero-order valence-electron chi connectivity index (χ0n) is 11.6. The Hall–Kier alpha value is -1.94. The van der Waals surface area contributed by atoms with Gasteiger partial charge in [0.2, 0.25) is 5.88 Å². The van der Waals surface area contributed by atoms with E-state index in [0.717, 1.165) is 11.3 Å². The van der Waals surface area contributed by atoms with Crippen LogP contribution in [0.2, 0.25) is 0 Å². The van der Waals surface area contributed by atoms with E-state index in [1.807, 2.05) is 18.2 Å². The predicted molar refractivity (Wildman–Crippen MR) is 75.1 cm³/mol. The van der Waals surface area contributed by atoms with Crippen LogP contribution in [0.15, 0.2) is 36.7 Å². The molecule has 0 radical (unpaired) electrons. The molecule has 4 nitrogen and oxygen atoms in total. The highest BCUT2D eigenvalue weighted by Gasteiger charge is 2.19. The van der Waals surface area contributed by atoms with Crippen LogP contribution in [0.4, 0.5) is 0 Å². The highest BCUT2D eigenvalue weighted by Crippen LogP contribution is 2.33. The lowest BCUT2D eigenvalue weighted by Gasteiger charge is -2.22. The van der Waals surface area contributed by atoms with Crippen molar-refractivity contribution in [3.63, 3.8) is 0 Å². The Kier molecular flexibility index (Phi) is 3.81. The van der Waals surface area contributed by atoms with Gasteiger partial charge in [-0.3, -0.25) is 4.98 Å². The molecule has 0 atom stereocenters. The number of ether oxygens (including phenoxy) is 1. The van der Waals surface area contributed by atoms with Crippen LogP contribution < -0.4 is 10.5 Å². The summed E-state index contributed by atoms with van der Waals surface area (Å²) in [6, 6.07) is 7.97. The molecule has 0 amide bonds. The first-order valence-corrected chi connectivity index (χ1v) is 6.29. The molecule has 0 saturated heterocycles. The van der Waals surface area contributed by atoms with Crippen LogP contribution in [0.3, 0.4) is 0 Å². The van der Waals surface area contributed by atoms with Gasteiger partial charge in [0.05, 0.1) is 11.9 Å². The molecule has 0 fully saturated rings. The minimum atomic E-state index is 0.00942. The number of nitrogens with zero attached hydrogens (tertiary/aromatic N) is 2. The molecule has 0 saturated carbocycles. The van der Waals surface area contributed by atoms with Crippen LogP contribution in [0.5, 0.6) is 11.6 Å². The lowest BCUT2D eigenvalue weighted by molar-refractivity contribution is 0.436. The zero-order chi connectivity index (χ0) is 13.9. The normalized spacial score (nSPS) is 11.4. The van der Waals surface area contributed by atoms with Crippen molar-refractivity contribution < 1.29 is 4.74 Å². The summed E-state index contributed by atoms with van der Waals surface area (Å²) in [6.45, 7) is 6.80. The Labute approximate surface area is 113 Å². The summed E-state index contributed by atoms with van der Waals surface area (Å²) in [7, 11) is 0. The largest absolute Gasteiger partial charge is 0.437 e. The van der Waals surface area contributed by atoms with Gasteiger partial charge in [-0.2, -0.15) is 0 Å². The molecule has 19 heavy (non-hydrogen) atoms. The van der Waals surface area contributed by atoms with E-state index in [4.69, 9.17) is 10.5 Å². The van der Waals surface area contributed by atoms with E-state index >= 15 is 0 Å². The Morgan fingerprint density at radius 3 is 2.58 bits per heavy atom. The number of para-hydroxylation sites is 1. The van der Waals surface area contributed by atoms with Crippen molar-refractivity contribution in [1.82, 2.24) is 9.97 Å². The fraction of sp³-hybridized carbons (Fsp3) is 0.333. The molecule has 100 valence electrons. The molecule has 0 aliphatic rings. The third-order valence-electron chi connectivity index (χ3n) is 2.78. The summed E-state index contributed by atoms with van der Waals surface area (Å²) in [6.07, 6.45) is 3.24. The third-order valence-corrected chi connectivity index (χ3v) is 2.78. The van der Waals surface area contributed by atoms with Gasteiger partial charge in [0, 0.05) is 18.3 Å². The first-order valence-electron chi connectivity index (χ1n) is 6.29. The van der Waals surface area contributed by atoms with Crippen LogP contribution in [0, 0.1) is 0 Å². The minimum Gasteiger partial charge on any atom is -0.437 e. The molecule has 4 heteroatoms. The summed E-state index contributed by atoms with van der Waals surface area (Å²) < 4.78 is 5.85. The van der Waals surface area contributed by atoms with Crippen LogP contribution in [-0.2, 0) is 12.0 Å². The average molecular weight is 257 g/mol. The molecule has 1 aromatic heterocycles. The molecule has 2 N–H and O–H groups in total. The standard InChI is InChI=1S/C15H19N3O/c1-15(2,3)12-6-4-5-7-13(12)19-14-10-17-9-11(8-16)18-14/h4-7,9-10H,8,16H2,1-3H3. The van der Waals surface area contributed by atoms with Crippen molar-refractivity contribution >= 4 is 0 Å². The van der Waals surface area contributed by atoms with Crippen molar-refractivity contribution in [2.75, 3.05) is 0 Å². The van der Waals surface area contributed by atoms with Gasteiger partial charge in [-0.15, -0.1) is 0 Å². The highest BCUT2D eigenvalue weighted by atomic mass is 16.5. The monoisotopic (exact) mass is 257 g/mol. The zero-order valence-corrected chi connectivity index (χ0v) is 11.6. The van der Waals surface area contributed by atoms with Gasteiger partial charge in [0.25, 0.3) is 0 Å².